The number of nitrogens with zero attached hydrogens (tertiary/aromatic N) is 3. The van der Waals surface area contributed by atoms with Gasteiger partial charge in [0.2, 0.25) is 0 Å². The number of nitrogens with two attached hydrogens (primary N) is 1. The van der Waals surface area contributed by atoms with Crippen LogP contribution in [0.1, 0.15) is 24.5 Å². The van der Waals surface area contributed by atoms with Crippen molar-refractivity contribution in [2.75, 3.05) is 17.6 Å². The molecule has 0 aliphatic carbocycles. The van der Waals surface area contributed by atoms with E-state index in [1.807, 2.05) is 43.3 Å². The highest BCUT2D eigenvalue weighted by atomic mass is 15.0. The molecule has 104 valence electrons. The van der Waals surface area contributed by atoms with Crippen molar-refractivity contribution in [1.29, 1.82) is 10.5 Å². The summed E-state index contributed by atoms with van der Waals surface area (Å²) in [5.74, 6) is 0.426. The summed E-state index contributed by atoms with van der Waals surface area (Å²) in [4.78, 5) is 4.45. The van der Waals surface area contributed by atoms with Crippen LogP contribution in [0.3, 0.4) is 0 Å². The lowest BCUT2D eigenvalue weighted by atomic mass is 10.0. The van der Waals surface area contributed by atoms with Gasteiger partial charge < -0.3 is 11.1 Å². The molecular weight excluding hydrogens is 262 g/mol. The number of nitrogens with one attached hydrogen (secondary N) is 1. The second-order valence-electron chi connectivity index (χ2n) is 4.49. The predicted molar refractivity (Wildman–Crippen MR) is 82.3 cm³/mol. The summed E-state index contributed by atoms with van der Waals surface area (Å²) >= 11 is 0. The summed E-state index contributed by atoms with van der Waals surface area (Å²) in [6.45, 7) is 2.70. The van der Waals surface area contributed by atoms with Gasteiger partial charge in [-0.3, -0.25) is 0 Å². The lowest BCUT2D eigenvalue weighted by Crippen LogP contribution is -2.09. The Labute approximate surface area is 123 Å². The molecule has 0 saturated carbocycles. The van der Waals surface area contributed by atoms with Gasteiger partial charge in [0.15, 0.2) is 0 Å². The summed E-state index contributed by atoms with van der Waals surface area (Å²) in [6.07, 6.45) is 0.896. The van der Waals surface area contributed by atoms with Crippen molar-refractivity contribution in [2.45, 2.75) is 13.3 Å². The highest BCUT2D eigenvalue weighted by molar-refractivity contribution is 5.81. The van der Waals surface area contributed by atoms with Crippen LogP contribution in [0.4, 0.5) is 11.5 Å². The fourth-order valence-electron chi connectivity index (χ4n) is 2.01. The molecule has 0 aliphatic heterocycles. The van der Waals surface area contributed by atoms with E-state index in [1.165, 1.54) is 0 Å². The largest absolute Gasteiger partial charge is 0.396 e. The third-order valence-electron chi connectivity index (χ3n) is 3.05. The highest BCUT2D eigenvalue weighted by Gasteiger charge is 2.18. The third kappa shape index (κ3) is 2.77. The molecule has 2 aromatic rings. The van der Waals surface area contributed by atoms with Crippen molar-refractivity contribution in [3.63, 3.8) is 0 Å². The Kier molecular flexibility index (Phi) is 4.38. The summed E-state index contributed by atoms with van der Waals surface area (Å²) in [5, 5.41) is 21.7. The van der Waals surface area contributed by atoms with Crippen molar-refractivity contribution >= 4 is 11.5 Å². The van der Waals surface area contributed by atoms with Crippen molar-refractivity contribution in [2.24, 2.45) is 0 Å². The Morgan fingerprint density at radius 3 is 2.38 bits per heavy atom. The predicted octanol–water partition coefficient (Wildman–Crippen LogP) is 2.90. The second kappa shape index (κ2) is 6.40. The molecule has 0 bridgehead atoms. The lowest BCUT2D eigenvalue weighted by molar-refractivity contribution is 0.968. The highest BCUT2D eigenvalue weighted by Crippen LogP contribution is 2.31. The molecule has 0 aliphatic rings. The van der Waals surface area contributed by atoms with E-state index in [4.69, 9.17) is 5.73 Å². The van der Waals surface area contributed by atoms with Gasteiger partial charge >= 0.3 is 0 Å². The number of benzene rings is 1. The number of nitrogen functional groups attached to an aromatic ring is 1. The monoisotopic (exact) mass is 277 g/mol. The zero-order valence-corrected chi connectivity index (χ0v) is 11.7. The zero-order chi connectivity index (χ0) is 15.2. The van der Waals surface area contributed by atoms with Crippen molar-refractivity contribution in [3.8, 4) is 23.4 Å². The maximum Gasteiger partial charge on any atom is 0.146 e. The molecule has 3 N–H and O–H groups in total. The number of aromatic nitrogens is 1. The normalized spacial score (nSPS) is 9.67. The number of hydrogen-bond donors (Lipinski definition) is 2. The Morgan fingerprint density at radius 1 is 1.14 bits per heavy atom. The van der Waals surface area contributed by atoms with Crippen molar-refractivity contribution in [1.82, 2.24) is 4.98 Å². The molecule has 0 unspecified atom stereocenters. The minimum Gasteiger partial charge on any atom is -0.396 e. The van der Waals surface area contributed by atoms with Gasteiger partial charge in [0.05, 0.1) is 11.4 Å². The first-order chi connectivity index (χ1) is 10.2. The Hall–Kier alpha value is -3.05. The van der Waals surface area contributed by atoms with E-state index in [2.05, 4.69) is 16.4 Å². The van der Waals surface area contributed by atoms with Crippen LogP contribution in [0.5, 0.6) is 0 Å². The number of nitriles is 2. The Bertz CT molecular complexity index is 723. The van der Waals surface area contributed by atoms with Gasteiger partial charge in [-0.1, -0.05) is 37.3 Å². The number of hydrogen-bond acceptors (Lipinski definition) is 5. The number of anilines is 2. The van der Waals surface area contributed by atoms with Crippen LogP contribution in [-0.4, -0.2) is 11.5 Å². The standard InChI is InChI=1S/C16H15N5/c1-2-8-20-16-13(10-18)14(19)12(9-17)15(21-16)11-6-4-3-5-7-11/h3-7H,2,8H2,1H3,(H3,19,20,21). The molecule has 0 saturated heterocycles. The van der Waals surface area contributed by atoms with E-state index >= 15 is 0 Å². The first-order valence-corrected chi connectivity index (χ1v) is 6.65. The van der Waals surface area contributed by atoms with E-state index in [0.717, 1.165) is 12.0 Å². The van der Waals surface area contributed by atoms with Gasteiger partial charge in [0.1, 0.15) is 29.1 Å². The average molecular weight is 277 g/mol. The maximum atomic E-state index is 9.35. The first-order valence-electron chi connectivity index (χ1n) is 6.65. The fraction of sp³-hybridized carbons (Fsp3) is 0.188. The molecule has 5 heteroatoms. The molecule has 0 spiro atoms. The molecule has 0 amide bonds. The van der Waals surface area contributed by atoms with E-state index in [1.54, 1.807) is 0 Å². The van der Waals surface area contributed by atoms with Crippen molar-refractivity contribution < 1.29 is 0 Å². The van der Waals surface area contributed by atoms with Crippen LogP contribution in [0.25, 0.3) is 11.3 Å². The van der Waals surface area contributed by atoms with Crippen LogP contribution in [-0.2, 0) is 0 Å². The Balaban J connectivity index is 2.68. The second-order valence-corrected chi connectivity index (χ2v) is 4.49. The first kappa shape index (κ1) is 14.4. The van der Waals surface area contributed by atoms with Gasteiger partial charge in [0, 0.05) is 12.1 Å². The fourth-order valence-corrected chi connectivity index (χ4v) is 2.01. The Morgan fingerprint density at radius 2 is 1.81 bits per heavy atom. The van der Waals surface area contributed by atoms with E-state index < -0.39 is 0 Å². The third-order valence-corrected chi connectivity index (χ3v) is 3.05. The number of pyridine rings is 1. The maximum absolute atomic E-state index is 9.35. The average Bonchev–Trinajstić information content (AvgIpc) is 2.53. The minimum absolute atomic E-state index is 0.174. The molecule has 1 aromatic heterocycles. The molecule has 1 aromatic carbocycles. The number of rotatable bonds is 4. The zero-order valence-electron chi connectivity index (χ0n) is 11.7. The molecule has 0 atom stereocenters. The van der Waals surface area contributed by atoms with Crippen LogP contribution < -0.4 is 11.1 Å². The minimum atomic E-state index is 0.174. The smallest absolute Gasteiger partial charge is 0.146 e. The summed E-state index contributed by atoms with van der Waals surface area (Å²) < 4.78 is 0. The molecule has 0 fully saturated rings. The van der Waals surface area contributed by atoms with Crippen LogP contribution >= 0.6 is 0 Å². The molecular formula is C16H15N5. The lowest BCUT2D eigenvalue weighted by Gasteiger charge is -2.13. The van der Waals surface area contributed by atoms with Crippen LogP contribution in [0, 0.1) is 22.7 Å². The van der Waals surface area contributed by atoms with E-state index in [9.17, 15) is 10.5 Å². The van der Waals surface area contributed by atoms with Gasteiger partial charge in [-0.15, -0.1) is 0 Å². The molecule has 5 nitrogen and oxygen atoms in total. The summed E-state index contributed by atoms with van der Waals surface area (Å²) in [6, 6.07) is 13.4. The van der Waals surface area contributed by atoms with Gasteiger partial charge in [0.25, 0.3) is 0 Å². The van der Waals surface area contributed by atoms with Gasteiger partial charge in [-0.25, -0.2) is 4.98 Å². The molecule has 0 radical (unpaired) electrons. The van der Waals surface area contributed by atoms with E-state index in [-0.39, 0.29) is 16.8 Å². The van der Waals surface area contributed by atoms with E-state index in [0.29, 0.717) is 18.1 Å². The van der Waals surface area contributed by atoms with Crippen molar-refractivity contribution in [3.05, 3.63) is 41.5 Å². The SMILES string of the molecule is CCCNc1nc(-c2ccccc2)c(C#N)c(N)c1C#N. The van der Waals surface area contributed by atoms with Crippen LogP contribution in [0.2, 0.25) is 0 Å². The van der Waals surface area contributed by atoms with Gasteiger partial charge in [-0.2, -0.15) is 10.5 Å². The quantitative estimate of drug-likeness (QED) is 0.895. The summed E-state index contributed by atoms with van der Waals surface area (Å²) in [5.41, 5.74) is 7.91. The topological polar surface area (TPSA) is 98.5 Å². The molecule has 1 heterocycles. The summed E-state index contributed by atoms with van der Waals surface area (Å²) in [7, 11) is 0. The van der Waals surface area contributed by atoms with Gasteiger partial charge in [-0.05, 0) is 6.42 Å². The molecule has 21 heavy (non-hydrogen) atoms. The molecule has 2 rings (SSSR count). The van der Waals surface area contributed by atoms with Crippen LogP contribution in [0.15, 0.2) is 30.3 Å².